The predicted octanol–water partition coefficient (Wildman–Crippen LogP) is 2.72. The zero-order valence-corrected chi connectivity index (χ0v) is 6.46. The lowest BCUT2D eigenvalue weighted by atomic mass is 9.84. The van der Waals surface area contributed by atoms with Crippen molar-refractivity contribution in [3.8, 4) is 0 Å². The van der Waals surface area contributed by atoms with Crippen LogP contribution in [-0.4, -0.2) is 5.11 Å². The van der Waals surface area contributed by atoms with Crippen LogP contribution < -0.4 is 0 Å². The normalized spacial score (nSPS) is 28.9. The summed E-state index contributed by atoms with van der Waals surface area (Å²) in [5.74, 6) is 1.01. The minimum absolute atomic E-state index is 0.494. The summed E-state index contributed by atoms with van der Waals surface area (Å²) >= 11 is 0. The summed E-state index contributed by atoms with van der Waals surface area (Å²) in [4.78, 5) is 0. The van der Waals surface area contributed by atoms with Crippen molar-refractivity contribution in [2.75, 3.05) is 0 Å². The zero-order valence-electron chi connectivity index (χ0n) is 6.46. The molecule has 2 aliphatic carbocycles. The highest BCUT2D eigenvalue weighted by molar-refractivity contribution is 5.29. The van der Waals surface area contributed by atoms with Gasteiger partial charge in [-0.25, -0.2) is 0 Å². The largest absolute Gasteiger partial charge is 0.512 e. The van der Waals surface area contributed by atoms with Crippen molar-refractivity contribution in [1.29, 1.82) is 0 Å². The molecule has 1 heteroatoms. The Morgan fingerprint density at radius 3 is 3.18 bits per heavy atom. The molecule has 2 aliphatic rings. The lowest BCUT2D eigenvalue weighted by Crippen LogP contribution is -2.09. The van der Waals surface area contributed by atoms with E-state index in [0.717, 1.165) is 12.8 Å². The van der Waals surface area contributed by atoms with Crippen molar-refractivity contribution in [1.82, 2.24) is 0 Å². The van der Waals surface area contributed by atoms with E-state index in [1.54, 1.807) is 0 Å². The Hall–Kier alpha value is -0.980. The lowest BCUT2D eigenvalue weighted by molar-refractivity contribution is 0.369. The zero-order chi connectivity index (χ0) is 7.68. The fourth-order valence-electron chi connectivity index (χ4n) is 1.72. The van der Waals surface area contributed by atoms with Crippen LogP contribution in [-0.2, 0) is 0 Å². The van der Waals surface area contributed by atoms with Gasteiger partial charge in [0.2, 0.25) is 0 Å². The molecule has 0 saturated carbocycles. The van der Waals surface area contributed by atoms with Crippen LogP contribution in [0.3, 0.4) is 0 Å². The van der Waals surface area contributed by atoms with Gasteiger partial charge in [-0.1, -0.05) is 23.8 Å². The smallest absolute Gasteiger partial charge is 0.0931 e. The number of hydrogen-bond acceptors (Lipinski definition) is 1. The Balaban J connectivity index is 2.26. The average molecular weight is 148 g/mol. The van der Waals surface area contributed by atoms with Crippen molar-refractivity contribution in [2.24, 2.45) is 5.92 Å². The van der Waals surface area contributed by atoms with E-state index in [0.29, 0.717) is 11.7 Å². The molecule has 0 bridgehead atoms. The third kappa shape index (κ3) is 1.23. The Morgan fingerprint density at radius 2 is 2.27 bits per heavy atom. The van der Waals surface area contributed by atoms with Crippen molar-refractivity contribution >= 4 is 0 Å². The minimum atomic E-state index is 0.494. The van der Waals surface area contributed by atoms with Gasteiger partial charge in [-0.2, -0.15) is 0 Å². The number of rotatable bonds is 0. The van der Waals surface area contributed by atoms with Crippen LogP contribution in [0.1, 0.15) is 19.3 Å². The fraction of sp³-hybridized carbons (Fsp3) is 0.400. The highest BCUT2D eigenvalue weighted by atomic mass is 16.3. The van der Waals surface area contributed by atoms with Crippen LogP contribution >= 0.6 is 0 Å². The van der Waals surface area contributed by atoms with Crippen LogP contribution in [0.5, 0.6) is 0 Å². The first-order valence-corrected chi connectivity index (χ1v) is 4.11. The second kappa shape index (κ2) is 2.57. The van der Waals surface area contributed by atoms with Gasteiger partial charge in [0, 0.05) is 12.3 Å². The van der Waals surface area contributed by atoms with Crippen LogP contribution in [0.15, 0.2) is 35.6 Å². The number of hydrogen-bond donors (Lipinski definition) is 1. The van der Waals surface area contributed by atoms with Gasteiger partial charge < -0.3 is 5.11 Å². The lowest BCUT2D eigenvalue weighted by Gasteiger charge is -2.22. The topological polar surface area (TPSA) is 20.2 Å². The van der Waals surface area contributed by atoms with Gasteiger partial charge in [0.1, 0.15) is 0 Å². The van der Waals surface area contributed by atoms with Gasteiger partial charge in [0.05, 0.1) is 5.76 Å². The minimum Gasteiger partial charge on any atom is -0.512 e. The summed E-state index contributed by atoms with van der Waals surface area (Å²) < 4.78 is 0. The van der Waals surface area contributed by atoms with Gasteiger partial charge in [-0.15, -0.1) is 0 Å². The number of aliphatic hydroxyl groups is 1. The number of fused-ring (bicyclic) bond motifs is 1. The maximum Gasteiger partial charge on any atom is 0.0931 e. The van der Waals surface area contributed by atoms with Gasteiger partial charge >= 0.3 is 0 Å². The summed E-state index contributed by atoms with van der Waals surface area (Å²) in [5, 5.41) is 9.23. The molecular weight excluding hydrogens is 136 g/mol. The highest BCUT2D eigenvalue weighted by Crippen LogP contribution is 2.31. The first-order valence-electron chi connectivity index (χ1n) is 4.11. The molecule has 0 aliphatic heterocycles. The monoisotopic (exact) mass is 148 g/mol. The highest BCUT2D eigenvalue weighted by Gasteiger charge is 2.17. The van der Waals surface area contributed by atoms with E-state index < -0.39 is 0 Å². The molecule has 0 fully saturated rings. The molecule has 0 radical (unpaired) electrons. The molecule has 0 saturated heterocycles. The molecule has 0 aromatic carbocycles. The fourth-order valence-corrected chi connectivity index (χ4v) is 1.72. The van der Waals surface area contributed by atoms with E-state index in [4.69, 9.17) is 0 Å². The molecule has 2 rings (SSSR count). The molecule has 0 amide bonds. The van der Waals surface area contributed by atoms with E-state index in [-0.39, 0.29) is 0 Å². The third-order valence-electron chi connectivity index (χ3n) is 2.36. The van der Waals surface area contributed by atoms with Crippen LogP contribution in [0.4, 0.5) is 0 Å². The quantitative estimate of drug-likeness (QED) is 0.524. The Bertz CT molecular complexity index is 246. The van der Waals surface area contributed by atoms with Crippen LogP contribution in [0, 0.1) is 5.92 Å². The van der Waals surface area contributed by atoms with Crippen molar-refractivity contribution in [2.45, 2.75) is 19.3 Å². The van der Waals surface area contributed by atoms with Gasteiger partial charge in [0.15, 0.2) is 0 Å². The van der Waals surface area contributed by atoms with E-state index in [1.807, 2.05) is 6.08 Å². The SMILES string of the molecule is OC1=CC=C2CCC=CC2C1. The Labute approximate surface area is 66.7 Å². The summed E-state index contributed by atoms with van der Waals surface area (Å²) in [5.41, 5.74) is 1.48. The van der Waals surface area contributed by atoms with E-state index in [2.05, 4.69) is 18.2 Å². The molecule has 0 spiro atoms. The standard InChI is InChI=1S/C10H12O/c11-10-6-5-8-3-1-2-4-9(8)7-10/h2,4-6,9,11H,1,3,7H2. The molecular formula is C10H12O. The molecule has 1 atom stereocenters. The van der Waals surface area contributed by atoms with Crippen molar-refractivity contribution in [3.63, 3.8) is 0 Å². The maximum absolute atomic E-state index is 9.23. The second-order valence-electron chi connectivity index (χ2n) is 3.18. The predicted molar refractivity (Wildman–Crippen MR) is 45.3 cm³/mol. The maximum atomic E-state index is 9.23. The number of aliphatic hydroxyl groups excluding tert-OH is 1. The molecule has 1 N–H and O–H groups in total. The average Bonchev–Trinajstić information content (AvgIpc) is 2.04. The molecule has 0 heterocycles. The first-order chi connectivity index (χ1) is 5.36. The van der Waals surface area contributed by atoms with Gasteiger partial charge in [0.25, 0.3) is 0 Å². The second-order valence-corrected chi connectivity index (χ2v) is 3.18. The summed E-state index contributed by atoms with van der Waals surface area (Å²) in [6, 6.07) is 0. The molecule has 1 nitrogen and oxygen atoms in total. The Morgan fingerprint density at radius 1 is 1.36 bits per heavy atom. The first kappa shape index (κ1) is 6.71. The molecule has 1 unspecified atom stereocenters. The Kier molecular flexibility index (Phi) is 1.57. The van der Waals surface area contributed by atoms with E-state index in [9.17, 15) is 5.11 Å². The van der Waals surface area contributed by atoms with Gasteiger partial charge in [-0.3, -0.25) is 0 Å². The van der Waals surface area contributed by atoms with E-state index in [1.165, 1.54) is 12.0 Å². The van der Waals surface area contributed by atoms with Crippen molar-refractivity contribution in [3.05, 3.63) is 35.6 Å². The summed E-state index contributed by atoms with van der Waals surface area (Å²) in [6.45, 7) is 0. The van der Waals surface area contributed by atoms with Crippen LogP contribution in [0.25, 0.3) is 0 Å². The third-order valence-corrected chi connectivity index (χ3v) is 2.36. The molecule has 11 heavy (non-hydrogen) atoms. The number of allylic oxidation sites excluding steroid dienone is 6. The van der Waals surface area contributed by atoms with Crippen LogP contribution in [0.2, 0.25) is 0 Å². The molecule has 0 aromatic heterocycles. The van der Waals surface area contributed by atoms with Gasteiger partial charge in [-0.05, 0) is 18.9 Å². The summed E-state index contributed by atoms with van der Waals surface area (Å²) in [7, 11) is 0. The molecule has 58 valence electrons. The molecule has 0 aromatic rings. The van der Waals surface area contributed by atoms with E-state index >= 15 is 0 Å². The summed E-state index contributed by atoms with van der Waals surface area (Å²) in [6.07, 6.45) is 11.4. The van der Waals surface area contributed by atoms with Crippen molar-refractivity contribution < 1.29 is 5.11 Å².